The molecule has 0 atom stereocenters. The predicted octanol–water partition coefficient (Wildman–Crippen LogP) is 16.4. The van der Waals surface area contributed by atoms with E-state index in [-0.39, 0.29) is 16.2 Å². The number of rotatable bonds is 5. The first-order valence-electron chi connectivity index (χ1n) is 24.0. The van der Waals surface area contributed by atoms with E-state index in [1.807, 2.05) is 0 Å². The van der Waals surface area contributed by atoms with Crippen molar-refractivity contribution in [3.05, 3.63) is 186 Å². The number of fused-ring (bicyclic) bond motifs is 8. The van der Waals surface area contributed by atoms with Gasteiger partial charge in [0.1, 0.15) is 11.2 Å². The normalized spacial score (nSPS) is 15.1. The molecule has 1 aliphatic heterocycles. The van der Waals surface area contributed by atoms with Gasteiger partial charge in [-0.05, 0) is 157 Å². The van der Waals surface area contributed by atoms with Crippen molar-refractivity contribution in [1.82, 2.24) is 0 Å². The molecule has 327 valence electrons. The lowest BCUT2D eigenvalue weighted by Gasteiger charge is -2.41. The van der Waals surface area contributed by atoms with Crippen LogP contribution in [-0.4, -0.2) is 7.28 Å². The van der Waals surface area contributed by atoms with Crippen LogP contribution >= 0.6 is 0 Å². The molecule has 2 heterocycles. The van der Waals surface area contributed by atoms with Gasteiger partial charge < -0.3 is 14.6 Å². The summed E-state index contributed by atoms with van der Waals surface area (Å²) in [7, 11) is 2.46. The molecule has 0 spiro atoms. The first-order valence-corrected chi connectivity index (χ1v) is 24.0. The molecule has 67 heavy (non-hydrogen) atoms. The van der Waals surface area contributed by atoms with Crippen LogP contribution < -0.4 is 21.1 Å². The molecule has 3 nitrogen and oxygen atoms in total. The number of benzene rings is 9. The van der Waals surface area contributed by atoms with Gasteiger partial charge in [0.2, 0.25) is 0 Å². The van der Waals surface area contributed by atoms with E-state index in [0.29, 0.717) is 0 Å². The zero-order valence-corrected chi connectivity index (χ0v) is 39.9. The minimum atomic E-state index is 0.0636. The Balaban J connectivity index is 1.13. The monoisotopic (exact) mass is 867 g/mol. The first-order chi connectivity index (χ1) is 32.2. The van der Waals surface area contributed by atoms with Crippen molar-refractivity contribution in [3.8, 4) is 22.3 Å². The molecular weight excluding hydrogens is 812 g/mol. The van der Waals surface area contributed by atoms with Crippen LogP contribution in [0.5, 0.6) is 0 Å². The van der Waals surface area contributed by atoms with Crippen molar-refractivity contribution >= 4 is 90.1 Å². The molecule has 0 bridgehead atoms. The van der Waals surface area contributed by atoms with Gasteiger partial charge in [-0.1, -0.05) is 157 Å². The Kier molecular flexibility index (Phi) is 9.26. The zero-order chi connectivity index (χ0) is 46.0. The average molecular weight is 868 g/mol. The van der Waals surface area contributed by atoms with Crippen LogP contribution in [0.1, 0.15) is 83.6 Å². The van der Waals surface area contributed by atoms with E-state index in [1.54, 1.807) is 0 Å². The summed E-state index contributed by atoms with van der Waals surface area (Å²) in [5, 5.41) is 11.1. The molecule has 4 heteroatoms. The summed E-state index contributed by atoms with van der Waals surface area (Å²) in [6, 6.07) is 60.9. The molecule has 0 unspecified atom stereocenters. The fourth-order valence-corrected chi connectivity index (χ4v) is 11.2. The Bertz CT molecular complexity index is 3630. The van der Waals surface area contributed by atoms with Crippen LogP contribution in [0.15, 0.2) is 168 Å². The molecule has 1 radical (unpaired) electrons. The third-order valence-electron chi connectivity index (χ3n) is 15.2. The van der Waals surface area contributed by atoms with E-state index in [9.17, 15) is 0 Å². The smallest absolute Gasteiger partial charge is 0.197 e. The molecule has 0 saturated carbocycles. The summed E-state index contributed by atoms with van der Waals surface area (Å²) >= 11 is 0. The van der Waals surface area contributed by atoms with Gasteiger partial charge >= 0.3 is 0 Å². The summed E-state index contributed by atoms with van der Waals surface area (Å²) in [5.74, 6) is 0. The van der Waals surface area contributed by atoms with Crippen LogP contribution in [-0.2, 0) is 16.2 Å². The van der Waals surface area contributed by atoms with Crippen LogP contribution in [0.2, 0.25) is 0 Å². The van der Waals surface area contributed by atoms with Gasteiger partial charge in [-0.15, -0.1) is 0 Å². The molecule has 1 aliphatic carbocycles. The predicted molar refractivity (Wildman–Crippen MR) is 288 cm³/mol. The molecule has 1 aromatic heterocycles. The van der Waals surface area contributed by atoms with E-state index in [4.69, 9.17) is 4.42 Å². The van der Waals surface area contributed by atoms with Gasteiger partial charge in [0.25, 0.3) is 0 Å². The summed E-state index contributed by atoms with van der Waals surface area (Å²) < 4.78 is 6.98. The number of hydrogen-bond donors (Lipinski definition) is 1. The summed E-state index contributed by atoms with van der Waals surface area (Å²) in [6.07, 6.45) is 2.32. The lowest BCUT2D eigenvalue weighted by molar-refractivity contribution is 0.332. The van der Waals surface area contributed by atoms with Gasteiger partial charge in [0, 0.05) is 50.8 Å². The fraction of sp³-hybridized carbons (Fsp3) is 0.206. The maximum atomic E-state index is 6.98. The highest BCUT2D eigenvalue weighted by Gasteiger charge is 2.38. The number of nitrogens with one attached hydrogen (secondary N) is 1. The third kappa shape index (κ3) is 6.86. The van der Waals surface area contributed by atoms with Crippen molar-refractivity contribution in [2.75, 3.05) is 10.2 Å². The van der Waals surface area contributed by atoms with Crippen LogP contribution in [0.3, 0.4) is 0 Å². The molecule has 0 amide bonds. The van der Waals surface area contributed by atoms with Crippen LogP contribution in [0.25, 0.3) is 65.7 Å². The minimum Gasteiger partial charge on any atom is -0.456 e. The second-order valence-electron chi connectivity index (χ2n) is 21.6. The lowest BCUT2D eigenvalue weighted by atomic mass is 9.57. The molecule has 2 aliphatic rings. The van der Waals surface area contributed by atoms with Crippen molar-refractivity contribution < 1.29 is 4.42 Å². The van der Waals surface area contributed by atoms with E-state index < -0.39 is 0 Å². The zero-order valence-electron chi connectivity index (χ0n) is 39.9. The largest absolute Gasteiger partial charge is 0.456 e. The van der Waals surface area contributed by atoms with Gasteiger partial charge in [-0.3, -0.25) is 0 Å². The Hall–Kier alpha value is -7.04. The SMILES string of the molecule is Cc1cc(-c2ccccc2)ccc1N1c2cc3oc4cc5c(cc4c3cc2[B]c2c1cc1ccccc1c2-c1cc2ccccc2cc1Nc1ccc(C(C)(C)C)cc1)C(C)(C)CCC5(C)C. The summed E-state index contributed by atoms with van der Waals surface area (Å²) in [5.41, 5.74) is 20.1. The number of furan rings is 1. The highest BCUT2D eigenvalue weighted by molar-refractivity contribution is 6.74. The van der Waals surface area contributed by atoms with Crippen LogP contribution in [0, 0.1) is 6.92 Å². The maximum Gasteiger partial charge on any atom is 0.197 e. The summed E-state index contributed by atoms with van der Waals surface area (Å²) in [6.45, 7) is 18.7. The minimum absolute atomic E-state index is 0.0636. The molecule has 9 aromatic carbocycles. The van der Waals surface area contributed by atoms with Gasteiger partial charge in [-0.2, -0.15) is 0 Å². The Morgan fingerprint density at radius 1 is 0.552 bits per heavy atom. The third-order valence-corrected chi connectivity index (χ3v) is 15.2. The molecule has 10 aromatic rings. The highest BCUT2D eigenvalue weighted by atomic mass is 16.3. The van der Waals surface area contributed by atoms with Crippen molar-refractivity contribution in [1.29, 1.82) is 0 Å². The fourth-order valence-electron chi connectivity index (χ4n) is 11.2. The Morgan fingerprint density at radius 2 is 1.19 bits per heavy atom. The van der Waals surface area contributed by atoms with Crippen LogP contribution in [0.4, 0.5) is 28.4 Å². The molecule has 1 N–H and O–H groups in total. The molecule has 12 rings (SSSR count). The quantitative estimate of drug-likeness (QED) is 0.175. The maximum absolute atomic E-state index is 6.98. The standard InChI is InChI=1S/C63H56BN2O/c1-38-30-42(39-16-10-9-11-17-39)22-27-54(38)66-55-37-58-48(47-34-50-51(36-57(47)67-58)63(7,8)29-28-62(50,5)6)35-52(55)64-60-56(66)33-43-20-14-15-21-46(43)59(60)49-31-40-18-12-13-19-41(40)32-53(49)65-45-25-23-44(24-26-45)61(2,3)4/h9-27,30-37,65H,28-29H2,1-8H3. The van der Waals surface area contributed by atoms with Crippen molar-refractivity contribution in [3.63, 3.8) is 0 Å². The lowest BCUT2D eigenvalue weighted by Crippen LogP contribution is -2.41. The second kappa shape index (κ2) is 15.0. The van der Waals surface area contributed by atoms with Gasteiger partial charge in [0.05, 0.1) is 0 Å². The topological polar surface area (TPSA) is 28.4 Å². The number of aryl methyl sites for hydroxylation is 1. The van der Waals surface area contributed by atoms with Gasteiger partial charge in [0.15, 0.2) is 7.28 Å². The van der Waals surface area contributed by atoms with E-state index in [0.717, 1.165) is 68.9 Å². The molecule has 0 fully saturated rings. The number of hydrogen-bond acceptors (Lipinski definition) is 3. The molecule has 0 saturated heterocycles. The van der Waals surface area contributed by atoms with Crippen molar-refractivity contribution in [2.24, 2.45) is 0 Å². The van der Waals surface area contributed by atoms with Gasteiger partial charge in [-0.25, -0.2) is 0 Å². The van der Waals surface area contributed by atoms with E-state index in [2.05, 4.69) is 237 Å². The van der Waals surface area contributed by atoms with E-state index in [1.165, 1.54) is 71.3 Å². The average Bonchev–Trinajstić information content (AvgIpc) is 3.67. The number of anilines is 5. The summed E-state index contributed by atoms with van der Waals surface area (Å²) in [4.78, 5) is 2.51. The Morgan fingerprint density at radius 3 is 1.91 bits per heavy atom. The van der Waals surface area contributed by atoms with E-state index >= 15 is 0 Å². The Labute approximate surface area is 395 Å². The molecular formula is C63H56BN2O. The first kappa shape index (κ1) is 41.4. The number of nitrogens with zero attached hydrogens (tertiary/aromatic N) is 1. The highest BCUT2D eigenvalue weighted by Crippen LogP contribution is 2.50. The van der Waals surface area contributed by atoms with Crippen molar-refractivity contribution in [2.45, 2.75) is 84.5 Å². The second-order valence-corrected chi connectivity index (χ2v) is 21.6.